The quantitative estimate of drug-likeness (QED) is 0.109. The molecule has 4 heteroatoms. The average Bonchev–Trinajstić information content (AvgIpc) is 3.07. The molecule has 0 N–H and O–H groups in total. The molecule has 47 heavy (non-hydrogen) atoms. The van der Waals surface area contributed by atoms with E-state index in [9.17, 15) is 0 Å². The molecule has 0 atom stereocenters. The molecule has 0 aliphatic heterocycles. The molecule has 0 saturated heterocycles. The molecule has 3 aromatic carbocycles. The van der Waals surface area contributed by atoms with Gasteiger partial charge in [0.05, 0.1) is 35.2 Å². The normalized spacial score (nSPS) is 12.8. The second-order valence-electron chi connectivity index (χ2n) is 13.6. The van der Waals surface area contributed by atoms with Gasteiger partial charge in [-0.2, -0.15) is 0 Å². The Hall–Kier alpha value is -4.70. The van der Waals surface area contributed by atoms with E-state index in [1.807, 2.05) is 61.2 Å². The molecule has 0 unspecified atom stereocenters. The van der Waals surface area contributed by atoms with Crippen LogP contribution in [0.3, 0.4) is 0 Å². The molecule has 0 radical (unpaired) electrons. The maximum atomic E-state index is 5.09. The highest BCUT2D eigenvalue weighted by Gasteiger charge is 2.25. The first-order valence-corrected chi connectivity index (χ1v) is 16.9. The Balaban J connectivity index is 1.74. The maximum Gasteiger partial charge on any atom is 0.0812 e. The molecule has 0 saturated carbocycles. The third-order valence-corrected chi connectivity index (χ3v) is 8.70. The predicted molar refractivity (Wildman–Crippen MR) is 200 cm³/mol. The number of hydrogen-bond acceptors (Lipinski definition) is 4. The number of nitrogens with zero attached hydrogens (tertiary/aromatic N) is 4. The standard InChI is InChI=1S/C43H48N4/c1-28(2)37-22-33(23-38(29(3)4)42(37)46-26-35-18-12-14-20-44-35)41(32-16-10-9-11-17-32)34-24-39(30(5)6)43(40(25-34)31(7)8)47-27-36-19-13-15-21-45-36/h9-31,41H,1-8H3. The molecule has 2 aromatic heterocycles. The second kappa shape index (κ2) is 15.3. The zero-order chi connectivity index (χ0) is 33.5. The number of rotatable bonds is 11. The van der Waals surface area contributed by atoms with Gasteiger partial charge in [0, 0.05) is 18.3 Å². The van der Waals surface area contributed by atoms with E-state index in [0.717, 1.165) is 22.8 Å². The van der Waals surface area contributed by atoms with Gasteiger partial charge in [-0.1, -0.05) is 122 Å². The van der Waals surface area contributed by atoms with E-state index >= 15 is 0 Å². The first-order chi connectivity index (χ1) is 22.6. The zero-order valence-corrected chi connectivity index (χ0v) is 29.1. The Morgan fingerprint density at radius 1 is 0.447 bits per heavy atom. The van der Waals surface area contributed by atoms with Crippen LogP contribution in [0.2, 0.25) is 0 Å². The van der Waals surface area contributed by atoms with Gasteiger partial charge < -0.3 is 0 Å². The third kappa shape index (κ3) is 8.00. The van der Waals surface area contributed by atoms with E-state index < -0.39 is 0 Å². The number of benzene rings is 3. The van der Waals surface area contributed by atoms with Crippen LogP contribution >= 0.6 is 0 Å². The molecular weight excluding hydrogens is 573 g/mol. The van der Waals surface area contributed by atoms with Crippen LogP contribution in [0.4, 0.5) is 11.4 Å². The number of aromatic nitrogens is 2. The lowest BCUT2D eigenvalue weighted by Crippen LogP contribution is -2.09. The highest BCUT2D eigenvalue weighted by Crippen LogP contribution is 2.44. The summed E-state index contributed by atoms with van der Waals surface area (Å²) in [4.78, 5) is 19.2. The molecule has 240 valence electrons. The van der Waals surface area contributed by atoms with Gasteiger partial charge in [0.25, 0.3) is 0 Å². The van der Waals surface area contributed by atoms with Crippen LogP contribution in [-0.4, -0.2) is 22.4 Å². The van der Waals surface area contributed by atoms with Crippen molar-refractivity contribution in [3.63, 3.8) is 0 Å². The predicted octanol–water partition coefficient (Wildman–Crippen LogP) is 11.7. The van der Waals surface area contributed by atoms with Crippen LogP contribution in [0.1, 0.15) is 135 Å². The summed E-state index contributed by atoms with van der Waals surface area (Å²) in [7, 11) is 0. The molecule has 5 rings (SSSR count). The summed E-state index contributed by atoms with van der Waals surface area (Å²) in [5, 5.41) is 0. The first kappa shape index (κ1) is 33.7. The van der Waals surface area contributed by atoms with Gasteiger partial charge in [-0.15, -0.1) is 0 Å². The minimum atomic E-state index is 0.0452. The Kier molecular flexibility index (Phi) is 10.9. The fourth-order valence-corrected chi connectivity index (χ4v) is 6.19. The van der Waals surface area contributed by atoms with Gasteiger partial charge in [0.15, 0.2) is 0 Å². The molecule has 0 fully saturated rings. The summed E-state index contributed by atoms with van der Waals surface area (Å²) in [6.45, 7) is 18.1. The van der Waals surface area contributed by atoms with Crippen LogP contribution in [0.15, 0.2) is 113 Å². The lowest BCUT2D eigenvalue weighted by atomic mass is 9.78. The van der Waals surface area contributed by atoms with Crippen molar-refractivity contribution >= 4 is 23.8 Å². The Labute approximate surface area is 281 Å². The minimum absolute atomic E-state index is 0.0452. The number of aliphatic imine (C=N–C) groups is 2. The van der Waals surface area contributed by atoms with E-state index in [-0.39, 0.29) is 5.92 Å². The molecule has 0 amide bonds. The van der Waals surface area contributed by atoms with Gasteiger partial charge in [0.1, 0.15) is 0 Å². The fourth-order valence-electron chi connectivity index (χ4n) is 6.19. The van der Waals surface area contributed by atoms with Crippen molar-refractivity contribution in [2.45, 2.75) is 85.0 Å². The molecule has 0 bridgehead atoms. The lowest BCUT2D eigenvalue weighted by Gasteiger charge is -2.27. The smallest absolute Gasteiger partial charge is 0.0812 e. The first-order valence-electron chi connectivity index (χ1n) is 16.9. The third-order valence-electron chi connectivity index (χ3n) is 8.70. The largest absolute Gasteiger partial charge is 0.255 e. The lowest BCUT2D eigenvalue weighted by molar-refractivity contribution is 0.812. The van der Waals surface area contributed by atoms with Crippen molar-refractivity contribution in [2.75, 3.05) is 0 Å². The minimum Gasteiger partial charge on any atom is -0.255 e. The Morgan fingerprint density at radius 3 is 1.13 bits per heavy atom. The van der Waals surface area contributed by atoms with Gasteiger partial charge in [0.2, 0.25) is 0 Å². The highest BCUT2D eigenvalue weighted by atomic mass is 14.8. The van der Waals surface area contributed by atoms with Crippen molar-refractivity contribution in [1.82, 2.24) is 9.97 Å². The molecular formula is C43H48N4. The molecule has 5 aromatic rings. The SMILES string of the molecule is CC(C)c1cc(C(c2ccccc2)c2cc(C(C)C)c(N=Cc3ccccn3)c(C(C)C)c2)cc(C(C)C)c1N=Cc1ccccn1. The van der Waals surface area contributed by atoms with Gasteiger partial charge in [-0.3, -0.25) is 20.0 Å². The summed E-state index contributed by atoms with van der Waals surface area (Å²) < 4.78 is 0. The van der Waals surface area contributed by atoms with Crippen LogP contribution in [0.25, 0.3) is 0 Å². The van der Waals surface area contributed by atoms with Crippen LogP contribution in [0, 0.1) is 0 Å². The zero-order valence-electron chi connectivity index (χ0n) is 29.1. The Bertz CT molecular complexity index is 1640. The van der Waals surface area contributed by atoms with E-state index in [0.29, 0.717) is 23.7 Å². The summed E-state index contributed by atoms with van der Waals surface area (Å²) in [5.41, 5.74) is 12.7. The summed E-state index contributed by atoms with van der Waals surface area (Å²) >= 11 is 0. The van der Waals surface area contributed by atoms with Crippen LogP contribution < -0.4 is 0 Å². The molecule has 0 aliphatic carbocycles. The monoisotopic (exact) mass is 620 g/mol. The van der Waals surface area contributed by atoms with Gasteiger partial charge in [-0.05, 0) is 86.9 Å². The van der Waals surface area contributed by atoms with E-state index in [1.165, 1.54) is 38.9 Å². The average molecular weight is 621 g/mol. The summed E-state index contributed by atoms with van der Waals surface area (Å²) in [6.07, 6.45) is 7.42. The van der Waals surface area contributed by atoms with E-state index in [1.54, 1.807) is 0 Å². The summed E-state index contributed by atoms with van der Waals surface area (Å²) in [6, 6.07) is 32.4. The Morgan fingerprint density at radius 2 is 0.809 bits per heavy atom. The molecule has 4 nitrogen and oxygen atoms in total. The maximum absolute atomic E-state index is 5.09. The van der Waals surface area contributed by atoms with Gasteiger partial charge in [-0.25, -0.2) is 0 Å². The van der Waals surface area contributed by atoms with E-state index in [2.05, 4.69) is 120 Å². The topological polar surface area (TPSA) is 50.5 Å². The highest BCUT2D eigenvalue weighted by molar-refractivity contribution is 5.82. The van der Waals surface area contributed by atoms with Crippen molar-refractivity contribution in [3.8, 4) is 0 Å². The summed E-state index contributed by atoms with van der Waals surface area (Å²) in [5.74, 6) is 1.21. The van der Waals surface area contributed by atoms with Crippen LogP contribution in [-0.2, 0) is 0 Å². The molecule has 0 spiro atoms. The fraction of sp³-hybridized carbons (Fsp3) is 0.302. The van der Waals surface area contributed by atoms with Crippen molar-refractivity contribution in [2.24, 2.45) is 9.98 Å². The van der Waals surface area contributed by atoms with Crippen molar-refractivity contribution in [1.29, 1.82) is 0 Å². The number of hydrogen-bond donors (Lipinski definition) is 0. The van der Waals surface area contributed by atoms with Crippen molar-refractivity contribution < 1.29 is 0 Å². The van der Waals surface area contributed by atoms with E-state index in [4.69, 9.17) is 9.98 Å². The second-order valence-corrected chi connectivity index (χ2v) is 13.6. The van der Waals surface area contributed by atoms with Crippen molar-refractivity contribution in [3.05, 3.63) is 154 Å². The van der Waals surface area contributed by atoms with Crippen LogP contribution in [0.5, 0.6) is 0 Å². The molecule has 2 heterocycles. The molecule has 0 aliphatic rings. The number of pyridine rings is 2. The van der Waals surface area contributed by atoms with Gasteiger partial charge >= 0.3 is 0 Å².